The zero-order valence-electron chi connectivity index (χ0n) is 29.2. The van der Waals surface area contributed by atoms with Gasteiger partial charge >= 0.3 is 12.1 Å². The molecule has 15 heteroatoms. The van der Waals surface area contributed by atoms with Crippen molar-refractivity contribution >= 4 is 28.6 Å². The molecule has 4 aromatic rings. The minimum atomic E-state index is -4.53. The molecule has 0 unspecified atom stereocenters. The molecule has 0 amide bonds. The fraction of sp³-hybridized carbons (Fsp3) is 0.556. The molecule has 2 saturated carbocycles. The highest BCUT2D eigenvalue weighted by Gasteiger charge is 2.40. The standard InChI is InChI=1S/C36H44F3N9O3/c1-22-19-47(11-8-30(49)50)12-13-48(22)29-18-40-27(17-41-29)33-44-31-28(46(2)20-35(21-51-3)9-4-5-10-35)15-26(43-34(31)45-33)24-14-25(23-6-7-23)32(42-16-24)36(37,38)39/h14-18,22-23H,4-13,19-21H2,1-3H3,(H,49,50)(H,43,44,45)/t22-/m1/s1. The van der Waals surface area contributed by atoms with Crippen LogP contribution in [0.25, 0.3) is 33.9 Å². The number of carbonyl (C=O) groups is 1. The molecule has 0 radical (unpaired) electrons. The summed E-state index contributed by atoms with van der Waals surface area (Å²) in [6.07, 6.45) is 6.03. The van der Waals surface area contributed by atoms with E-state index >= 15 is 0 Å². The summed E-state index contributed by atoms with van der Waals surface area (Å²) in [6.45, 7) is 6.13. The number of hydrogen-bond donors (Lipinski definition) is 2. The van der Waals surface area contributed by atoms with E-state index in [4.69, 9.17) is 29.8 Å². The molecule has 1 saturated heterocycles. The number of rotatable bonds is 12. The number of carboxylic acids is 1. The Labute approximate surface area is 294 Å². The number of fused-ring (bicyclic) bond motifs is 1. The number of nitrogens with zero attached hydrogens (tertiary/aromatic N) is 8. The number of hydrogen-bond acceptors (Lipinski definition) is 10. The van der Waals surface area contributed by atoms with Gasteiger partial charge < -0.3 is 24.6 Å². The van der Waals surface area contributed by atoms with Gasteiger partial charge in [-0.2, -0.15) is 13.2 Å². The summed E-state index contributed by atoms with van der Waals surface area (Å²) < 4.78 is 47.3. The highest BCUT2D eigenvalue weighted by Crippen LogP contribution is 2.46. The Morgan fingerprint density at radius 2 is 1.86 bits per heavy atom. The smallest absolute Gasteiger partial charge is 0.433 e. The minimum absolute atomic E-state index is 0.0165. The summed E-state index contributed by atoms with van der Waals surface area (Å²) in [5, 5.41) is 9.05. The lowest BCUT2D eigenvalue weighted by Crippen LogP contribution is -2.52. The van der Waals surface area contributed by atoms with Gasteiger partial charge in [0.1, 0.15) is 22.7 Å². The van der Waals surface area contributed by atoms with Crippen molar-refractivity contribution in [2.24, 2.45) is 5.41 Å². The third-order valence-electron chi connectivity index (χ3n) is 10.6. The van der Waals surface area contributed by atoms with Gasteiger partial charge in [-0.3, -0.25) is 14.7 Å². The van der Waals surface area contributed by atoms with Gasteiger partial charge in [-0.1, -0.05) is 12.8 Å². The molecule has 12 nitrogen and oxygen atoms in total. The number of piperazine rings is 1. The van der Waals surface area contributed by atoms with Crippen LogP contribution in [0.4, 0.5) is 24.7 Å². The quantitative estimate of drug-likeness (QED) is 0.179. The fourth-order valence-electron chi connectivity index (χ4n) is 7.90. The third-order valence-corrected chi connectivity index (χ3v) is 10.6. The van der Waals surface area contributed by atoms with Gasteiger partial charge in [0, 0.05) is 70.1 Å². The second-order valence-electron chi connectivity index (χ2n) is 14.5. The largest absolute Gasteiger partial charge is 0.481 e. The molecule has 5 heterocycles. The van der Waals surface area contributed by atoms with Gasteiger partial charge in [-0.15, -0.1) is 0 Å². The molecule has 51 heavy (non-hydrogen) atoms. The van der Waals surface area contributed by atoms with E-state index in [0.29, 0.717) is 66.5 Å². The molecule has 2 N–H and O–H groups in total. The van der Waals surface area contributed by atoms with Crippen LogP contribution in [-0.2, 0) is 15.7 Å². The van der Waals surface area contributed by atoms with Gasteiger partial charge in [-0.25, -0.2) is 19.9 Å². The number of aromatic nitrogens is 6. The summed E-state index contributed by atoms with van der Waals surface area (Å²) >= 11 is 0. The predicted molar refractivity (Wildman–Crippen MR) is 187 cm³/mol. The Kier molecular flexibility index (Phi) is 9.61. The molecule has 272 valence electrons. The average Bonchev–Trinajstić information content (AvgIpc) is 3.71. The van der Waals surface area contributed by atoms with Crippen molar-refractivity contribution in [3.63, 3.8) is 0 Å². The first-order valence-electron chi connectivity index (χ1n) is 17.6. The first-order valence-corrected chi connectivity index (χ1v) is 17.6. The molecule has 0 aromatic carbocycles. The number of methoxy groups -OCH3 is 1. The van der Waals surface area contributed by atoms with Crippen LogP contribution >= 0.6 is 0 Å². The Bertz CT molecular complexity index is 1870. The molecule has 1 atom stereocenters. The molecule has 7 rings (SSSR count). The maximum atomic E-state index is 13.9. The van der Waals surface area contributed by atoms with Crippen molar-refractivity contribution < 1.29 is 27.8 Å². The summed E-state index contributed by atoms with van der Waals surface area (Å²) in [5.74, 6) is 0.248. The van der Waals surface area contributed by atoms with Crippen LogP contribution in [0.1, 0.15) is 69.0 Å². The normalized spacial score (nSPS) is 19.6. The fourth-order valence-corrected chi connectivity index (χ4v) is 7.90. The topological polar surface area (TPSA) is 136 Å². The lowest BCUT2D eigenvalue weighted by molar-refractivity contribution is -0.142. The minimum Gasteiger partial charge on any atom is -0.481 e. The number of carboxylic acid groups (broad SMARTS) is 1. The maximum Gasteiger partial charge on any atom is 0.433 e. The number of aromatic amines is 1. The second-order valence-corrected chi connectivity index (χ2v) is 14.5. The highest BCUT2D eigenvalue weighted by atomic mass is 19.4. The Morgan fingerprint density at radius 1 is 1.08 bits per heavy atom. The van der Waals surface area contributed by atoms with E-state index in [-0.39, 0.29) is 29.4 Å². The van der Waals surface area contributed by atoms with Crippen LogP contribution in [0.2, 0.25) is 0 Å². The van der Waals surface area contributed by atoms with Crippen LogP contribution in [0, 0.1) is 5.41 Å². The van der Waals surface area contributed by atoms with E-state index in [0.717, 1.165) is 56.8 Å². The van der Waals surface area contributed by atoms with E-state index in [1.165, 1.54) is 6.20 Å². The number of imidazole rings is 1. The van der Waals surface area contributed by atoms with E-state index in [2.05, 4.69) is 31.6 Å². The van der Waals surface area contributed by atoms with Crippen LogP contribution in [0.15, 0.2) is 30.7 Å². The second kappa shape index (κ2) is 14.0. The summed E-state index contributed by atoms with van der Waals surface area (Å²) in [5.41, 5.74) is 2.85. The maximum absolute atomic E-state index is 13.9. The number of alkyl halides is 3. The zero-order valence-corrected chi connectivity index (χ0v) is 29.2. The van der Waals surface area contributed by atoms with Crippen LogP contribution in [-0.4, -0.2) is 105 Å². The summed E-state index contributed by atoms with van der Waals surface area (Å²) in [7, 11) is 3.75. The lowest BCUT2D eigenvalue weighted by atomic mass is 9.86. The molecule has 0 spiro atoms. The Hall–Kier alpha value is -4.37. The third kappa shape index (κ3) is 7.50. The zero-order chi connectivity index (χ0) is 35.9. The van der Waals surface area contributed by atoms with Gasteiger partial charge in [0.15, 0.2) is 11.5 Å². The molecular formula is C36H44F3N9O3. The predicted octanol–water partition coefficient (Wildman–Crippen LogP) is 6.00. The lowest BCUT2D eigenvalue weighted by Gasteiger charge is -2.40. The van der Waals surface area contributed by atoms with E-state index in [9.17, 15) is 18.0 Å². The molecule has 3 aliphatic rings. The van der Waals surface area contributed by atoms with Crippen LogP contribution < -0.4 is 9.80 Å². The number of anilines is 2. The van der Waals surface area contributed by atoms with Crippen LogP contribution in [0.5, 0.6) is 0 Å². The number of H-pyrrole nitrogens is 1. The molecule has 1 aliphatic heterocycles. The highest BCUT2D eigenvalue weighted by molar-refractivity contribution is 5.91. The molecule has 3 fully saturated rings. The molecular weight excluding hydrogens is 663 g/mol. The number of pyridine rings is 2. The molecule has 4 aromatic heterocycles. The Morgan fingerprint density at radius 3 is 2.51 bits per heavy atom. The van der Waals surface area contributed by atoms with Crippen molar-refractivity contribution in [3.8, 4) is 22.8 Å². The van der Waals surface area contributed by atoms with E-state index < -0.39 is 17.8 Å². The molecule has 2 aliphatic carbocycles. The number of nitrogens with one attached hydrogen (secondary N) is 1. The van der Waals surface area contributed by atoms with Gasteiger partial charge in [-0.05, 0) is 56.2 Å². The monoisotopic (exact) mass is 707 g/mol. The van der Waals surface area contributed by atoms with Crippen molar-refractivity contribution in [3.05, 3.63) is 42.0 Å². The van der Waals surface area contributed by atoms with Gasteiger partial charge in [0.2, 0.25) is 0 Å². The van der Waals surface area contributed by atoms with Gasteiger partial charge in [0.05, 0.1) is 36.8 Å². The van der Waals surface area contributed by atoms with E-state index in [1.807, 2.05) is 13.1 Å². The van der Waals surface area contributed by atoms with Crippen molar-refractivity contribution in [2.45, 2.75) is 70.0 Å². The average molecular weight is 708 g/mol. The number of aliphatic carboxylic acids is 1. The first kappa shape index (κ1) is 35.1. The number of ether oxygens (including phenoxy) is 1. The van der Waals surface area contributed by atoms with Crippen LogP contribution in [0.3, 0.4) is 0 Å². The summed E-state index contributed by atoms with van der Waals surface area (Å²) in [6, 6.07) is 3.63. The number of halogens is 3. The SMILES string of the molecule is COCC1(CN(C)c2cc(-c3cnc(C(F)(F)F)c(C4CC4)c3)nc3nc(-c4cnc(N5CCN(CCC(=O)O)C[C@H]5C)cn4)[nH]c23)CCCC1. The first-order chi connectivity index (χ1) is 24.4. The van der Waals surface area contributed by atoms with E-state index in [1.54, 1.807) is 25.6 Å². The summed E-state index contributed by atoms with van der Waals surface area (Å²) in [4.78, 5) is 44.0. The molecule has 0 bridgehead atoms. The Balaban J connectivity index is 1.22. The van der Waals surface area contributed by atoms with Crippen molar-refractivity contribution in [2.75, 3.05) is 63.3 Å². The van der Waals surface area contributed by atoms with Crippen molar-refractivity contribution in [1.82, 2.24) is 34.8 Å². The van der Waals surface area contributed by atoms with Gasteiger partial charge in [0.25, 0.3) is 0 Å². The van der Waals surface area contributed by atoms with Crippen molar-refractivity contribution in [1.29, 1.82) is 0 Å².